The van der Waals surface area contributed by atoms with Crippen molar-refractivity contribution in [2.24, 2.45) is 17.6 Å². The van der Waals surface area contributed by atoms with Crippen LogP contribution in [-0.2, 0) is 14.4 Å². The lowest BCUT2D eigenvalue weighted by Crippen LogP contribution is -2.60. The number of primary amides is 1. The second-order valence-corrected chi connectivity index (χ2v) is 6.12. The average molecular weight is 276 g/mol. The Morgan fingerprint density at radius 1 is 1.05 bits per heavy atom. The Morgan fingerprint density at radius 2 is 1.55 bits per heavy atom. The van der Waals surface area contributed by atoms with Crippen molar-refractivity contribution in [3.63, 3.8) is 0 Å². The SMILES string of the molecule is NC(=O)C1(N2C(=O)C3CC=CCC3C2=O)CCCCC1. The number of nitrogens with zero attached hydrogens (tertiary/aromatic N) is 1. The number of rotatable bonds is 2. The normalized spacial score (nSPS) is 32.3. The summed E-state index contributed by atoms with van der Waals surface area (Å²) in [6.45, 7) is 0. The van der Waals surface area contributed by atoms with Gasteiger partial charge in [0, 0.05) is 0 Å². The van der Waals surface area contributed by atoms with Gasteiger partial charge in [0.25, 0.3) is 0 Å². The number of likely N-dealkylation sites (tertiary alicyclic amines) is 1. The van der Waals surface area contributed by atoms with E-state index < -0.39 is 11.4 Å². The molecule has 5 nitrogen and oxygen atoms in total. The van der Waals surface area contributed by atoms with Crippen molar-refractivity contribution in [1.29, 1.82) is 0 Å². The Hall–Kier alpha value is -1.65. The lowest BCUT2D eigenvalue weighted by Gasteiger charge is -2.40. The van der Waals surface area contributed by atoms with E-state index in [4.69, 9.17) is 5.73 Å². The highest BCUT2D eigenvalue weighted by Gasteiger charge is 2.57. The van der Waals surface area contributed by atoms with E-state index in [1.807, 2.05) is 12.2 Å². The van der Waals surface area contributed by atoms with E-state index in [1.165, 1.54) is 4.90 Å². The molecule has 0 radical (unpaired) electrons. The maximum atomic E-state index is 12.6. The van der Waals surface area contributed by atoms with Crippen molar-refractivity contribution in [1.82, 2.24) is 4.90 Å². The number of nitrogens with two attached hydrogens (primary N) is 1. The van der Waals surface area contributed by atoms with Crippen LogP contribution in [0.2, 0.25) is 0 Å². The van der Waals surface area contributed by atoms with Crippen LogP contribution in [0.4, 0.5) is 0 Å². The molecular weight excluding hydrogens is 256 g/mol. The third kappa shape index (κ3) is 1.72. The highest BCUT2D eigenvalue weighted by Crippen LogP contribution is 2.43. The molecule has 0 bridgehead atoms. The van der Waals surface area contributed by atoms with Crippen molar-refractivity contribution >= 4 is 17.7 Å². The van der Waals surface area contributed by atoms with Crippen LogP contribution in [0.3, 0.4) is 0 Å². The Balaban J connectivity index is 1.98. The molecule has 2 unspecified atom stereocenters. The van der Waals surface area contributed by atoms with E-state index in [9.17, 15) is 14.4 Å². The van der Waals surface area contributed by atoms with Gasteiger partial charge in [0.15, 0.2) is 0 Å². The second-order valence-electron chi connectivity index (χ2n) is 6.12. The summed E-state index contributed by atoms with van der Waals surface area (Å²) in [6, 6.07) is 0. The van der Waals surface area contributed by atoms with Gasteiger partial charge in [-0.25, -0.2) is 0 Å². The largest absolute Gasteiger partial charge is 0.368 e. The monoisotopic (exact) mass is 276 g/mol. The molecule has 2 fully saturated rings. The number of carbonyl (C=O) groups excluding carboxylic acids is 3. The van der Waals surface area contributed by atoms with Crippen LogP contribution in [0.25, 0.3) is 0 Å². The van der Waals surface area contributed by atoms with E-state index in [0.29, 0.717) is 25.7 Å². The topological polar surface area (TPSA) is 80.5 Å². The zero-order valence-electron chi connectivity index (χ0n) is 11.5. The Kier molecular flexibility index (Phi) is 3.15. The van der Waals surface area contributed by atoms with Gasteiger partial charge in [0.2, 0.25) is 17.7 Å². The van der Waals surface area contributed by atoms with E-state index in [0.717, 1.165) is 19.3 Å². The zero-order valence-corrected chi connectivity index (χ0v) is 11.5. The summed E-state index contributed by atoms with van der Waals surface area (Å²) < 4.78 is 0. The molecule has 1 saturated carbocycles. The summed E-state index contributed by atoms with van der Waals surface area (Å²) in [4.78, 5) is 38.5. The molecule has 3 aliphatic rings. The fourth-order valence-electron chi connectivity index (χ4n) is 3.94. The first-order valence-corrected chi connectivity index (χ1v) is 7.41. The number of amides is 3. The molecule has 2 atom stereocenters. The van der Waals surface area contributed by atoms with Gasteiger partial charge >= 0.3 is 0 Å². The van der Waals surface area contributed by atoms with E-state index in [1.54, 1.807) is 0 Å². The zero-order chi connectivity index (χ0) is 14.3. The number of carbonyl (C=O) groups is 3. The fraction of sp³-hybridized carbons (Fsp3) is 0.667. The second kappa shape index (κ2) is 4.72. The van der Waals surface area contributed by atoms with E-state index >= 15 is 0 Å². The number of allylic oxidation sites excluding steroid dienone is 2. The molecular formula is C15H20N2O3. The molecule has 5 heteroatoms. The van der Waals surface area contributed by atoms with E-state index in [2.05, 4.69) is 0 Å². The molecule has 2 N–H and O–H groups in total. The molecule has 0 aromatic rings. The van der Waals surface area contributed by atoms with Gasteiger partial charge < -0.3 is 5.73 Å². The molecule has 20 heavy (non-hydrogen) atoms. The van der Waals surface area contributed by atoms with E-state index in [-0.39, 0.29) is 23.7 Å². The fourth-order valence-corrected chi connectivity index (χ4v) is 3.94. The minimum Gasteiger partial charge on any atom is -0.368 e. The molecule has 0 spiro atoms. The minimum absolute atomic E-state index is 0.190. The average Bonchev–Trinajstić information content (AvgIpc) is 2.72. The molecule has 0 aromatic heterocycles. The molecule has 3 rings (SSSR count). The first-order valence-electron chi connectivity index (χ1n) is 7.41. The van der Waals surface area contributed by atoms with Crippen molar-refractivity contribution in [3.05, 3.63) is 12.2 Å². The maximum absolute atomic E-state index is 12.6. The summed E-state index contributed by atoms with van der Waals surface area (Å²) >= 11 is 0. The summed E-state index contributed by atoms with van der Waals surface area (Å²) in [7, 11) is 0. The highest BCUT2D eigenvalue weighted by molar-refractivity contribution is 6.09. The maximum Gasteiger partial charge on any atom is 0.243 e. The molecule has 1 aliphatic heterocycles. The Morgan fingerprint density at radius 3 is 2.00 bits per heavy atom. The van der Waals surface area contributed by atoms with Crippen LogP contribution >= 0.6 is 0 Å². The summed E-state index contributed by atoms with van der Waals surface area (Å²) in [5.41, 5.74) is 4.53. The molecule has 1 saturated heterocycles. The van der Waals surface area contributed by atoms with Crippen molar-refractivity contribution in [2.75, 3.05) is 0 Å². The standard InChI is InChI=1S/C15H20N2O3/c16-14(20)15(8-4-1-5-9-15)17-12(18)10-6-2-3-7-11(10)13(17)19/h2-3,10-11H,1,4-9H2,(H2,16,20). The lowest BCUT2D eigenvalue weighted by molar-refractivity contribution is -0.155. The summed E-state index contributed by atoms with van der Waals surface area (Å²) in [6.07, 6.45) is 8.85. The first-order chi connectivity index (χ1) is 9.58. The van der Waals surface area contributed by atoms with Gasteiger partial charge in [0.1, 0.15) is 5.54 Å². The highest BCUT2D eigenvalue weighted by atomic mass is 16.2. The Bertz CT molecular complexity index is 465. The van der Waals surface area contributed by atoms with Gasteiger partial charge in [-0.2, -0.15) is 0 Å². The molecule has 0 aromatic carbocycles. The third-order valence-electron chi connectivity index (χ3n) is 5.07. The van der Waals surface area contributed by atoms with Gasteiger partial charge in [0.05, 0.1) is 11.8 Å². The molecule has 2 aliphatic carbocycles. The predicted molar refractivity (Wildman–Crippen MR) is 72.2 cm³/mol. The van der Waals surface area contributed by atoms with Gasteiger partial charge in [-0.1, -0.05) is 31.4 Å². The van der Waals surface area contributed by atoms with Crippen LogP contribution in [0.5, 0.6) is 0 Å². The van der Waals surface area contributed by atoms with Crippen molar-refractivity contribution in [2.45, 2.75) is 50.5 Å². The quantitative estimate of drug-likeness (QED) is 0.606. The summed E-state index contributed by atoms with van der Waals surface area (Å²) in [5, 5.41) is 0. The van der Waals surface area contributed by atoms with Gasteiger partial charge in [-0.05, 0) is 25.7 Å². The first kappa shape index (κ1) is 13.3. The van der Waals surface area contributed by atoms with Crippen LogP contribution in [0.15, 0.2) is 12.2 Å². The van der Waals surface area contributed by atoms with Crippen LogP contribution in [0.1, 0.15) is 44.9 Å². The molecule has 3 amide bonds. The lowest BCUT2D eigenvalue weighted by atomic mass is 9.79. The smallest absolute Gasteiger partial charge is 0.243 e. The van der Waals surface area contributed by atoms with Crippen molar-refractivity contribution in [3.8, 4) is 0 Å². The van der Waals surface area contributed by atoms with Crippen LogP contribution in [-0.4, -0.2) is 28.2 Å². The number of hydrogen-bond acceptors (Lipinski definition) is 3. The minimum atomic E-state index is -1.07. The number of fused-ring (bicyclic) bond motifs is 1. The summed E-state index contributed by atoms with van der Waals surface area (Å²) in [5.74, 6) is -1.48. The number of hydrogen-bond donors (Lipinski definition) is 1. The third-order valence-corrected chi connectivity index (χ3v) is 5.07. The Labute approximate surface area is 118 Å². The van der Waals surface area contributed by atoms with Crippen LogP contribution < -0.4 is 5.73 Å². The van der Waals surface area contributed by atoms with Crippen molar-refractivity contribution < 1.29 is 14.4 Å². The molecule has 108 valence electrons. The number of imide groups is 1. The van der Waals surface area contributed by atoms with Gasteiger partial charge in [-0.3, -0.25) is 19.3 Å². The van der Waals surface area contributed by atoms with Crippen LogP contribution in [0, 0.1) is 11.8 Å². The van der Waals surface area contributed by atoms with Gasteiger partial charge in [-0.15, -0.1) is 0 Å². The predicted octanol–water partition coefficient (Wildman–Crippen LogP) is 1.13. The molecule has 1 heterocycles.